The minimum absolute atomic E-state index is 0. The van der Waals surface area contributed by atoms with E-state index < -0.39 is 28.9 Å². The summed E-state index contributed by atoms with van der Waals surface area (Å²) >= 11 is 36.6. The number of rotatable bonds is 6. The number of alkyl halides is 6. The molecule has 2 aliphatic carbocycles. The van der Waals surface area contributed by atoms with Gasteiger partial charge in [-0.25, -0.2) is 0 Å². The Morgan fingerprint density at radius 2 is 0.919 bits per heavy atom. The molecular weight excluding hydrogens is 1010 g/mol. The summed E-state index contributed by atoms with van der Waals surface area (Å²) < 4.78 is -0.443. The van der Waals surface area contributed by atoms with Crippen molar-refractivity contribution in [3.8, 4) is 33.4 Å². The van der Waals surface area contributed by atoms with E-state index in [0.29, 0.717) is 11.1 Å². The molecule has 0 atom stereocenters. The van der Waals surface area contributed by atoms with Gasteiger partial charge in [0.1, 0.15) is 0 Å². The van der Waals surface area contributed by atoms with Crippen LogP contribution in [-0.2, 0) is 39.7 Å². The molecule has 0 aromatic heterocycles. The van der Waals surface area contributed by atoms with Crippen molar-refractivity contribution in [2.24, 2.45) is 0 Å². The first-order valence-corrected chi connectivity index (χ1v) is 26.4. The molecule has 318 valence electrons. The molecule has 0 fully saturated rings. The molecule has 9 heteroatoms. The zero-order valence-electron chi connectivity index (χ0n) is 35.2. The molecule has 6 aromatic carbocycles. The van der Waals surface area contributed by atoms with Crippen molar-refractivity contribution in [1.82, 2.24) is 0 Å². The third-order valence-corrected chi connectivity index (χ3v) is 21.3. The van der Waals surface area contributed by atoms with Crippen LogP contribution in [0.2, 0.25) is 0 Å². The van der Waals surface area contributed by atoms with Crippen LogP contribution >= 0.6 is 69.6 Å². The van der Waals surface area contributed by atoms with E-state index in [2.05, 4.69) is 169 Å². The number of benzene rings is 6. The second kappa shape index (κ2) is 19.0. The van der Waals surface area contributed by atoms with Gasteiger partial charge in [-0.15, -0.1) is 0 Å². The molecule has 8 rings (SSSR count). The average molecular weight is 1060 g/mol. The summed E-state index contributed by atoms with van der Waals surface area (Å²) in [6.07, 6.45) is 7.74. The number of fused-ring (bicyclic) bond motifs is 3. The van der Waals surface area contributed by atoms with Crippen molar-refractivity contribution in [2.75, 3.05) is 0 Å². The first-order chi connectivity index (χ1) is 28.3. The van der Waals surface area contributed by atoms with Crippen LogP contribution in [0.1, 0.15) is 96.1 Å². The molecule has 0 N–H and O–H groups in total. The Balaban J connectivity index is 0.00000321. The van der Waals surface area contributed by atoms with Crippen LogP contribution in [0.25, 0.3) is 33.4 Å². The van der Waals surface area contributed by atoms with Crippen LogP contribution in [0.15, 0.2) is 155 Å². The maximum absolute atomic E-state index is 6.65. The van der Waals surface area contributed by atoms with E-state index in [1.165, 1.54) is 62.1 Å². The standard InChI is InChI=1S/C33H33.C15H8Cl6.C5H5.2ClH.Zr/c1-32(2,3)30-20-26-24(18-28(30)22-13-9-7-10-14-22)17-25-19-29(23-15-11-8-12-16-23)31(21-27(25)26)33(4,5)6;16-14(17,18)12-5-1-3-10(8-12)7-11-4-2-6-13(9-11)15(19,20)21;1-2-4-5-3-1;;;/h7-21H,1-6H3;1-6,8-9H;1-3H,4H2;2*1H;/q;;;;;+2/p-2. The zero-order chi connectivity index (χ0) is 42.8. The summed E-state index contributed by atoms with van der Waals surface area (Å²) in [7, 11) is 0. The molecule has 2 aliphatic rings. The average Bonchev–Trinajstić information content (AvgIpc) is 3.85. The third-order valence-electron chi connectivity index (χ3n) is 11.7. The predicted molar refractivity (Wildman–Crippen MR) is 258 cm³/mol. The summed E-state index contributed by atoms with van der Waals surface area (Å²) in [6.45, 7) is 13.9. The SMILES string of the molecule is CC(C)(C)c1cc2c(cc1-c1ccccc1)[CH]([Zr+2]([C]1=CC=CC1)=[C](c1cccc(C(Cl)(Cl)Cl)c1)c1cccc(C(Cl)(Cl)Cl)c1)c1cc(-c3ccccc3)c(C(C)(C)C)cc1-2.[Cl-].[Cl-]. The van der Waals surface area contributed by atoms with Gasteiger partial charge in [0.05, 0.1) is 0 Å². The Labute approximate surface area is 417 Å². The van der Waals surface area contributed by atoms with Gasteiger partial charge in [0, 0.05) is 0 Å². The normalized spacial score (nSPS) is 13.6. The van der Waals surface area contributed by atoms with Crippen molar-refractivity contribution in [3.05, 3.63) is 199 Å². The molecule has 0 unspecified atom stereocenters. The van der Waals surface area contributed by atoms with Gasteiger partial charge in [0.25, 0.3) is 0 Å². The Morgan fingerprint density at radius 1 is 0.500 bits per heavy atom. The summed E-state index contributed by atoms with van der Waals surface area (Å²) in [5.41, 5.74) is 15.9. The second-order valence-electron chi connectivity index (χ2n) is 17.9. The summed E-state index contributed by atoms with van der Waals surface area (Å²) in [6, 6.07) is 48.0. The Bertz CT molecular complexity index is 2540. The van der Waals surface area contributed by atoms with Gasteiger partial charge in [0.2, 0.25) is 0 Å². The molecule has 0 amide bonds. The molecule has 0 saturated heterocycles. The molecule has 0 saturated carbocycles. The van der Waals surface area contributed by atoms with Crippen LogP contribution in [0, 0.1) is 0 Å². The minimum atomic E-state index is -3.34. The van der Waals surface area contributed by atoms with Crippen LogP contribution in [-0.4, -0.2) is 3.21 Å². The molecular formula is C53H46Cl8Zr. The number of allylic oxidation sites excluding steroid dienone is 4. The number of hydrogen-bond acceptors (Lipinski definition) is 0. The van der Waals surface area contributed by atoms with Crippen LogP contribution < -0.4 is 24.8 Å². The predicted octanol–water partition coefficient (Wildman–Crippen LogP) is 11.1. The number of hydrogen-bond donors (Lipinski definition) is 0. The summed E-state index contributed by atoms with van der Waals surface area (Å²) in [4.78, 5) is 0. The van der Waals surface area contributed by atoms with Gasteiger partial charge in [0.15, 0.2) is 0 Å². The number of halogens is 8. The maximum Gasteiger partial charge on any atom is -1.00 e. The van der Waals surface area contributed by atoms with Crippen molar-refractivity contribution >= 4 is 72.8 Å². The van der Waals surface area contributed by atoms with E-state index in [0.717, 1.165) is 17.5 Å². The molecule has 0 radical (unpaired) electrons. The zero-order valence-corrected chi connectivity index (χ0v) is 43.7. The fourth-order valence-corrected chi connectivity index (χ4v) is 18.5. The van der Waals surface area contributed by atoms with E-state index in [4.69, 9.17) is 69.6 Å². The van der Waals surface area contributed by atoms with Crippen LogP contribution in [0.3, 0.4) is 0 Å². The Hall–Kier alpha value is -2.13. The van der Waals surface area contributed by atoms with Crippen molar-refractivity contribution < 1.29 is 46.1 Å². The fraction of sp³-hybridized carbons (Fsp3) is 0.226. The summed E-state index contributed by atoms with van der Waals surface area (Å²) in [5, 5.41) is 0. The van der Waals surface area contributed by atoms with E-state index in [-0.39, 0.29) is 39.3 Å². The van der Waals surface area contributed by atoms with Gasteiger partial charge in [-0.05, 0) is 0 Å². The van der Waals surface area contributed by atoms with Gasteiger partial charge in [-0.3, -0.25) is 0 Å². The molecule has 6 aromatic rings. The third kappa shape index (κ3) is 9.99. The van der Waals surface area contributed by atoms with E-state index in [1.54, 1.807) is 0 Å². The van der Waals surface area contributed by atoms with Crippen LogP contribution in [0.5, 0.6) is 0 Å². The first kappa shape index (κ1) is 49.3. The maximum atomic E-state index is 6.65. The van der Waals surface area contributed by atoms with E-state index in [1.807, 2.05) is 24.3 Å². The largest absolute Gasteiger partial charge is 1.00 e. The topological polar surface area (TPSA) is 0 Å². The van der Waals surface area contributed by atoms with Crippen LogP contribution in [0.4, 0.5) is 0 Å². The van der Waals surface area contributed by atoms with Gasteiger partial charge in [-0.1, -0.05) is 0 Å². The molecule has 0 bridgehead atoms. The molecule has 62 heavy (non-hydrogen) atoms. The Kier molecular flexibility index (Phi) is 15.1. The molecule has 0 heterocycles. The molecule has 0 nitrogen and oxygen atoms in total. The van der Waals surface area contributed by atoms with Crippen molar-refractivity contribution in [1.29, 1.82) is 0 Å². The molecule has 0 aliphatic heterocycles. The molecule has 0 spiro atoms. The van der Waals surface area contributed by atoms with E-state index >= 15 is 0 Å². The fourth-order valence-electron chi connectivity index (χ4n) is 8.93. The first-order valence-electron chi connectivity index (χ1n) is 20.2. The van der Waals surface area contributed by atoms with Gasteiger partial charge in [-0.2, -0.15) is 0 Å². The smallest absolute Gasteiger partial charge is 1.00 e. The second-order valence-corrected chi connectivity index (χ2v) is 28.7. The monoisotopic (exact) mass is 1050 g/mol. The quantitative estimate of drug-likeness (QED) is 0.146. The van der Waals surface area contributed by atoms with Crippen molar-refractivity contribution in [2.45, 2.75) is 70.0 Å². The van der Waals surface area contributed by atoms with Gasteiger partial charge >= 0.3 is 397 Å². The van der Waals surface area contributed by atoms with E-state index in [9.17, 15) is 0 Å². The van der Waals surface area contributed by atoms with Crippen molar-refractivity contribution in [3.63, 3.8) is 0 Å². The van der Waals surface area contributed by atoms with Gasteiger partial charge < -0.3 is 24.8 Å². The summed E-state index contributed by atoms with van der Waals surface area (Å²) in [5.74, 6) is 0. The minimum Gasteiger partial charge on any atom is -1.00 e. The Morgan fingerprint density at radius 3 is 1.27 bits per heavy atom.